The van der Waals surface area contributed by atoms with E-state index in [1.54, 1.807) is 0 Å². The molecule has 0 saturated carbocycles. The molecule has 92 valence electrons. The quantitative estimate of drug-likeness (QED) is 0.742. The van der Waals surface area contributed by atoms with Crippen molar-refractivity contribution in [2.24, 2.45) is 0 Å². The fourth-order valence-electron chi connectivity index (χ4n) is 1.47. The van der Waals surface area contributed by atoms with Crippen LogP contribution in [-0.4, -0.2) is 13.2 Å². The number of nitrogens with one attached hydrogen (secondary N) is 1. The SMILES string of the molecule is CCCCNCc1ccccc1OCC.Cl. The van der Waals surface area contributed by atoms with Gasteiger partial charge >= 0.3 is 0 Å². The summed E-state index contributed by atoms with van der Waals surface area (Å²) >= 11 is 0. The Morgan fingerprint density at radius 1 is 1.19 bits per heavy atom. The molecule has 0 aromatic heterocycles. The molecule has 2 nitrogen and oxygen atoms in total. The van der Waals surface area contributed by atoms with Crippen LogP contribution in [0.1, 0.15) is 32.3 Å². The lowest BCUT2D eigenvalue weighted by atomic mass is 10.2. The van der Waals surface area contributed by atoms with Crippen LogP contribution in [0.25, 0.3) is 0 Å². The second-order valence-corrected chi connectivity index (χ2v) is 3.57. The van der Waals surface area contributed by atoms with E-state index in [0.717, 1.165) is 25.4 Å². The van der Waals surface area contributed by atoms with Crippen LogP contribution in [0.2, 0.25) is 0 Å². The highest BCUT2D eigenvalue weighted by atomic mass is 35.5. The van der Waals surface area contributed by atoms with Crippen LogP contribution < -0.4 is 10.1 Å². The summed E-state index contributed by atoms with van der Waals surface area (Å²) in [7, 11) is 0. The van der Waals surface area contributed by atoms with Gasteiger partial charge in [-0.3, -0.25) is 0 Å². The number of rotatable bonds is 7. The van der Waals surface area contributed by atoms with Gasteiger partial charge in [0.1, 0.15) is 5.75 Å². The molecule has 0 bridgehead atoms. The maximum absolute atomic E-state index is 5.55. The molecule has 0 spiro atoms. The highest BCUT2D eigenvalue weighted by molar-refractivity contribution is 5.85. The van der Waals surface area contributed by atoms with Crippen LogP contribution in [0.15, 0.2) is 24.3 Å². The average Bonchev–Trinajstić information content (AvgIpc) is 2.27. The minimum Gasteiger partial charge on any atom is -0.494 e. The lowest BCUT2D eigenvalue weighted by Gasteiger charge is -2.10. The molecule has 0 aliphatic heterocycles. The highest BCUT2D eigenvalue weighted by Crippen LogP contribution is 2.17. The largest absolute Gasteiger partial charge is 0.494 e. The molecule has 0 saturated heterocycles. The summed E-state index contributed by atoms with van der Waals surface area (Å²) < 4.78 is 5.55. The van der Waals surface area contributed by atoms with Crippen LogP contribution in [0.4, 0.5) is 0 Å². The number of ether oxygens (including phenoxy) is 1. The molecule has 0 fully saturated rings. The summed E-state index contributed by atoms with van der Waals surface area (Å²) in [6, 6.07) is 8.21. The van der Waals surface area contributed by atoms with E-state index < -0.39 is 0 Å². The predicted octanol–water partition coefficient (Wildman–Crippen LogP) is 3.40. The van der Waals surface area contributed by atoms with Gasteiger partial charge in [-0.1, -0.05) is 31.5 Å². The maximum atomic E-state index is 5.55. The van der Waals surface area contributed by atoms with E-state index in [2.05, 4.69) is 24.4 Å². The summed E-state index contributed by atoms with van der Waals surface area (Å²) in [6.07, 6.45) is 2.47. The molecule has 16 heavy (non-hydrogen) atoms. The van der Waals surface area contributed by atoms with Crippen molar-refractivity contribution in [2.75, 3.05) is 13.2 Å². The van der Waals surface area contributed by atoms with Crippen molar-refractivity contribution in [1.82, 2.24) is 5.32 Å². The zero-order chi connectivity index (χ0) is 10.9. The Bertz CT molecular complexity index is 278. The monoisotopic (exact) mass is 243 g/mol. The van der Waals surface area contributed by atoms with Crippen molar-refractivity contribution in [2.45, 2.75) is 33.2 Å². The summed E-state index contributed by atoms with van der Waals surface area (Å²) in [5.74, 6) is 1.00. The fourth-order valence-corrected chi connectivity index (χ4v) is 1.47. The first-order chi connectivity index (χ1) is 7.38. The molecule has 0 atom stereocenters. The number of unbranched alkanes of at least 4 members (excludes halogenated alkanes) is 1. The zero-order valence-corrected chi connectivity index (χ0v) is 11.0. The van der Waals surface area contributed by atoms with E-state index >= 15 is 0 Å². The third kappa shape index (κ3) is 5.38. The van der Waals surface area contributed by atoms with E-state index in [1.165, 1.54) is 18.4 Å². The highest BCUT2D eigenvalue weighted by Gasteiger charge is 2.00. The number of hydrogen-bond acceptors (Lipinski definition) is 2. The average molecular weight is 244 g/mol. The molecule has 0 aliphatic rings. The van der Waals surface area contributed by atoms with Crippen molar-refractivity contribution >= 4 is 12.4 Å². The standard InChI is InChI=1S/C13H21NO.ClH/c1-3-5-10-14-11-12-8-6-7-9-13(12)15-4-2;/h6-9,14H,3-5,10-11H2,1-2H3;1H. The first-order valence-corrected chi connectivity index (χ1v) is 5.80. The van der Waals surface area contributed by atoms with Gasteiger partial charge < -0.3 is 10.1 Å². The molecule has 0 radical (unpaired) electrons. The van der Waals surface area contributed by atoms with Gasteiger partial charge in [0.25, 0.3) is 0 Å². The van der Waals surface area contributed by atoms with E-state index in [4.69, 9.17) is 4.74 Å². The Labute approximate surface area is 105 Å². The van der Waals surface area contributed by atoms with Crippen molar-refractivity contribution < 1.29 is 4.74 Å². The van der Waals surface area contributed by atoms with Crippen molar-refractivity contribution in [1.29, 1.82) is 0 Å². The van der Waals surface area contributed by atoms with Crippen molar-refractivity contribution in [3.8, 4) is 5.75 Å². The van der Waals surface area contributed by atoms with Crippen LogP contribution in [-0.2, 0) is 6.54 Å². The Kier molecular flexibility index (Phi) is 9.06. The molecular weight excluding hydrogens is 222 g/mol. The first kappa shape index (κ1) is 15.3. The van der Waals surface area contributed by atoms with E-state index in [9.17, 15) is 0 Å². The van der Waals surface area contributed by atoms with E-state index in [-0.39, 0.29) is 12.4 Å². The molecule has 0 aliphatic carbocycles. The fraction of sp³-hybridized carbons (Fsp3) is 0.538. The van der Waals surface area contributed by atoms with Gasteiger partial charge in [0.05, 0.1) is 6.61 Å². The number of halogens is 1. The second-order valence-electron chi connectivity index (χ2n) is 3.57. The molecule has 0 amide bonds. The minimum atomic E-state index is 0. The van der Waals surface area contributed by atoms with Crippen LogP contribution >= 0.6 is 12.4 Å². The van der Waals surface area contributed by atoms with Crippen LogP contribution in [0.3, 0.4) is 0 Å². The molecule has 1 rings (SSSR count). The third-order valence-electron chi connectivity index (χ3n) is 2.30. The Hall–Kier alpha value is -0.730. The molecule has 3 heteroatoms. The summed E-state index contributed by atoms with van der Waals surface area (Å²) in [4.78, 5) is 0. The topological polar surface area (TPSA) is 21.3 Å². The molecular formula is C13H22ClNO. The smallest absolute Gasteiger partial charge is 0.123 e. The van der Waals surface area contributed by atoms with Gasteiger partial charge in [-0.2, -0.15) is 0 Å². The molecule has 1 aromatic rings. The van der Waals surface area contributed by atoms with Gasteiger partial charge in [-0.15, -0.1) is 12.4 Å². The molecule has 1 N–H and O–H groups in total. The van der Waals surface area contributed by atoms with Gasteiger partial charge in [0, 0.05) is 12.1 Å². The third-order valence-corrected chi connectivity index (χ3v) is 2.30. The summed E-state index contributed by atoms with van der Waals surface area (Å²) in [5, 5.41) is 3.42. The van der Waals surface area contributed by atoms with Gasteiger partial charge in [0.15, 0.2) is 0 Å². The van der Waals surface area contributed by atoms with Crippen LogP contribution in [0.5, 0.6) is 5.75 Å². The maximum Gasteiger partial charge on any atom is 0.123 e. The zero-order valence-electron chi connectivity index (χ0n) is 10.2. The van der Waals surface area contributed by atoms with Gasteiger partial charge in [-0.25, -0.2) is 0 Å². The lowest BCUT2D eigenvalue weighted by Crippen LogP contribution is -2.15. The Balaban J connectivity index is 0.00000225. The van der Waals surface area contributed by atoms with E-state index in [1.807, 2.05) is 19.1 Å². The Morgan fingerprint density at radius 3 is 2.62 bits per heavy atom. The van der Waals surface area contributed by atoms with Crippen molar-refractivity contribution in [3.05, 3.63) is 29.8 Å². The molecule has 0 unspecified atom stereocenters. The van der Waals surface area contributed by atoms with Crippen molar-refractivity contribution in [3.63, 3.8) is 0 Å². The number of hydrogen-bond donors (Lipinski definition) is 1. The first-order valence-electron chi connectivity index (χ1n) is 5.80. The van der Waals surface area contributed by atoms with Crippen LogP contribution in [0, 0.1) is 0 Å². The minimum absolute atomic E-state index is 0. The predicted molar refractivity (Wildman–Crippen MR) is 71.5 cm³/mol. The lowest BCUT2D eigenvalue weighted by molar-refractivity contribution is 0.335. The number of benzene rings is 1. The summed E-state index contributed by atoms with van der Waals surface area (Å²) in [6.45, 7) is 6.93. The summed E-state index contributed by atoms with van der Waals surface area (Å²) in [5.41, 5.74) is 1.25. The molecule has 1 aromatic carbocycles. The van der Waals surface area contributed by atoms with Gasteiger partial charge in [0.2, 0.25) is 0 Å². The molecule has 0 heterocycles. The normalized spacial score (nSPS) is 9.62. The number of para-hydroxylation sites is 1. The van der Waals surface area contributed by atoms with Gasteiger partial charge in [-0.05, 0) is 26.0 Å². The second kappa shape index (κ2) is 9.49. The van der Waals surface area contributed by atoms with E-state index in [0.29, 0.717) is 0 Å². The Morgan fingerprint density at radius 2 is 1.94 bits per heavy atom.